The number of ether oxygens (including phenoxy) is 2. The zero-order valence-electron chi connectivity index (χ0n) is 13.2. The highest BCUT2D eigenvalue weighted by atomic mass is 19.4. The van der Waals surface area contributed by atoms with E-state index in [0.29, 0.717) is 45.1 Å². The predicted octanol–water partition coefficient (Wildman–Crippen LogP) is 2.41. The number of nitrogens with zero attached hydrogens (tertiary/aromatic N) is 1. The van der Waals surface area contributed by atoms with Crippen LogP contribution >= 0.6 is 0 Å². The average molecular weight is 338 g/mol. The number of rotatable bonds is 6. The second-order valence-electron chi connectivity index (χ2n) is 6.22. The summed E-state index contributed by atoms with van der Waals surface area (Å²) in [6, 6.07) is -0.414. The standard InChI is InChI=1S/C15H25F3N2O3/c16-15(17,18)13-3-1-6-20(9-13)14(21)19-5-2-7-22-10-12-4-8-23-11-12/h12-13H,1-11H2,(H,19,21)/t12-,13+/m0/s1. The number of halogens is 3. The maximum atomic E-state index is 12.7. The maximum Gasteiger partial charge on any atom is 0.393 e. The zero-order valence-corrected chi connectivity index (χ0v) is 13.2. The molecular formula is C15H25F3N2O3. The Bertz CT molecular complexity index is 373. The first-order valence-corrected chi connectivity index (χ1v) is 8.22. The minimum absolute atomic E-state index is 0.103. The Balaban J connectivity index is 1.55. The molecule has 2 saturated heterocycles. The van der Waals surface area contributed by atoms with Crippen LogP contribution in [0.15, 0.2) is 0 Å². The van der Waals surface area contributed by atoms with Crippen molar-refractivity contribution in [2.45, 2.75) is 31.9 Å². The molecule has 134 valence electrons. The third-order valence-corrected chi connectivity index (χ3v) is 4.29. The van der Waals surface area contributed by atoms with Crippen LogP contribution in [0.3, 0.4) is 0 Å². The lowest BCUT2D eigenvalue weighted by Crippen LogP contribution is -2.48. The van der Waals surface area contributed by atoms with Gasteiger partial charge in [-0.2, -0.15) is 13.2 Å². The van der Waals surface area contributed by atoms with Crippen LogP contribution in [0.5, 0.6) is 0 Å². The summed E-state index contributed by atoms with van der Waals surface area (Å²) in [5.41, 5.74) is 0. The number of hydrogen-bond acceptors (Lipinski definition) is 3. The smallest absolute Gasteiger partial charge is 0.381 e. The number of amides is 2. The van der Waals surface area contributed by atoms with E-state index in [0.717, 1.165) is 19.6 Å². The Morgan fingerprint density at radius 3 is 2.87 bits per heavy atom. The van der Waals surface area contributed by atoms with E-state index in [2.05, 4.69) is 5.32 Å². The number of piperidine rings is 1. The second kappa shape index (κ2) is 8.73. The van der Waals surface area contributed by atoms with Gasteiger partial charge in [-0.3, -0.25) is 0 Å². The quantitative estimate of drug-likeness (QED) is 0.757. The third kappa shape index (κ3) is 6.18. The molecule has 1 N–H and O–H groups in total. The molecule has 2 heterocycles. The molecule has 0 radical (unpaired) electrons. The van der Waals surface area contributed by atoms with Crippen molar-refractivity contribution in [2.75, 3.05) is 46.1 Å². The van der Waals surface area contributed by atoms with Gasteiger partial charge >= 0.3 is 12.2 Å². The number of carbonyl (C=O) groups excluding carboxylic acids is 1. The molecule has 0 aromatic heterocycles. The Morgan fingerprint density at radius 2 is 2.17 bits per heavy atom. The fourth-order valence-corrected chi connectivity index (χ4v) is 2.87. The van der Waals surface area contributed by atoms with E-state index in [9.17, 15) is 18.0 Å². The van der Waals surface area contributed by atoms with Crippen LogP contribution in [0.25, 0.3) is 0 Å². The number of nitrogens with one attached hydrogen (secondary N) is 1. The summed E-state index contributed by atoms with van der Waals surface area (Å²) >= 11 is 0. The molecule has 2 aliphatic heterocycles. The van der Waals surface area contributed by atoms with Gasteiger partial charge in [0.2, 0.25) is 0 Å². The highest BCUT2D eigenvalue weighted by molar-refractivity contribution is 5.74. The van der Waals surface area contributed by atoms with Gasteiger partial charge in [0.15, 0.2) is 0 Å². The number of hydrogen-bond donors (Lipinski definition) is 1. The summed E-state index contributed by atoms with van der Waals surface area (Å²) in [4.78, 5) is 13.2. The van der Waals surface area contributed by atoms with Gasteiger partial charge in [0.25, 0.3) is 0 Å². The first-order valence-electron chi connectivity index (χ1n) is 8.22. The van der Waals surface area contributed by atoms with Gasteiger partial charge in [-0.15, -0.1) is 0 Å². The summed E-state index contributed by atoms with van der Waals surface area (Å²) in [7, 11) is 0. The van der Waals surface area contributed by atoms with E-state index in [-0.39, 0.29) is 13.0 Å². The lowest BCUT2D eigenvalue weighted by atomic mass is 9.98. The van der Waals surface area contributed by atoms with Crippen LogP contribution in [0.2, 0.25) is 0 Å². The Labute approximate surface area is 134 Å². The molecule has 2 rings (SSSR count). The fraction of sp³-hybridized carbons (Fsp3) is 0.933. The van der Waals surface area contributed by atoms with Crippen LogP contribution in [-0.4, -0.2) is 63.2 Å². The minimum Gasteiger partial charge on any atom is -0.381 e. The molecule has 0 unspecified atom stereocenters. The first-order chi connectivity index (χ1) is 11.0. The summed E-state index contributed by atoms with van der Waals surface area (Å²) in [6.07, 6.45) is -2.06. The Morgan fingerprint density at radius 1 is 1.35 bits per heavy atom. The van der Waals surface area contributed by atoms with Crippen LogP contribution in [-0.2, 0) is 9.47 Å². The van der Waals surface area contributed by atoms with Gasteiger partial charge in [-0.25, -0.2) is 4.79 Å². The topological polar surface area (TPSA) is 50.8 Å². The summed E-state index contributed by atoms with van der Waals surface area (Å²) in [5, 5.41) is 2.67. The van der Waals surface area contributed by atoms with E-state index in [4.69, 9.17) is 9.47 Å². The monoisotopic (exact) mass is 338 g/mol. The van der Waals surface area contributed by atoms with Gasteiger partial charge in [0.05, 0.1) is 19.1 Å². The van der Waals surface area contributed by atoms with Gasteiger partial charge in [0.1, 0.15) is 0 Å². The van der Waals surface area contributed by atoms with Crippen molar-refractivity contribution in [3.63, 3.8) is 0 Å². The van der Waals surface area contributed by atoms with Gasteiger partial charge in [0, 0.05) is 38.8 Å². The summed E-state index contributed by atoms with van der Waals surface area (Å²) in [5.74, 6) is -0.948. The largest absolute Gasteiger partial charge is 0.393 e. The maximum absolute atomic E-state index is 12.7. The lowest BCUT2D eigenvalue weighted by molar-refractivity contribution is -0.183. The summed E-state index contributed by atoms with van der Waals surface area (Å²) < 4.78 is 48.9. The van der Waals surface area contributed by atoms with E-state index < -0.39 is 18.1 Å². The van der Waals surface area contributed by atoms with Crippen LogP contribution in [0.1, 0.15) is 25.7 Å². The predicted molar refractivity (Wildman–Crippen MR) is 78.1 cm³/mol. The third-order valence-electron chi connectivity index (χ3n) is 4.29. The normalized spacial score (nSPS) is 25.6. The highest BCUT2D eigenvalue weighted by Crippen LogP contribution is 2.33. The van der Waals surface area contributed by atoms with Gasteiger partial charge < -0.3 is 19.7 Å². The average Bonchev–Trinajstić information content (AvgIpc) is 3.03. The molecule has 0 saturated carbocycles. The molecule has 23 heavy (non-hydrogen) atoms. The molecule has 5 nitrogen and oxygen atoms in total. The van der Waals surface area contributed by atoms with Gasteiger partial charge in [-0.05, 0) is 25.7 Å². The molecule has 0 bridgehead atoms. The molecule has 2 fully saturated rings. The molecule has 8 heteroatoms. The molecule has 2 amide bonds. The van der Waals surface area contributed by atoms with E-state index in [1.807, 2.05) is 0 Å². The van der Waals surface area contributed by atoms with Gasteiger partial charge in [-0.1, -0.05) is 0 Å². The van der Waals surface area contributed by atoms with E-state index in [1.165, 1.54) is 4.90 Å². The van der Waals surface area contributed by atoms with Crippen LogP contribution in [0.4, 0.5) is 18.0 Å². The lowest BCUT2D eigenvalue weighted by Gasteiger charge is -2.33. The second-order valence-corrected chi connectivity index (χ2v) is 6.22. The summed E-state index contributed by atoms with van der Waals surface area (Å²) in [6.45, 7) is 3.28. The number of urea groups is 1. The Kier molecular flexibility index (Phi) is 6.95. The molecule has 2 aliphatic rings. The van der Waals surface area contributed by atoms with Crippen molar-refractivity contribution in [3.8, 4) is 0 Å². The van der Waals surface area contributed by atoms with Crippen LogP contribution in [0, 0.1) is 11.8 Å². The molecular weight excluding hydrogens is 313 g/mol. The first kappa shape index (κ1) is 18.3. The SMILES string of the molecule is O=C(NCCCOC[C@@H]1CCOC1)N1CCC[C@@H](C(F)(F)F)C1. The fourth-order valence-electron chi connectivity index (χ4n) is 2.87. The number of alkyl halides is 3. The van der Waals surface area contributed by atoms with Crippen molar-refractivity contribution in [2.24, 2.45) is 11.8 Å². The number of likely N-dealkylation sites (tertiary alicyclic amines) is 1. The minimum atomic E-state index is -4.23. The number of carbonyl (C=O) groups is 1. The van der Waals surface area contributed by atoms with Crippen molar-refractivity contribution < 1.29 is 27.4 Å². The van der Waals surface area contributed by atoms with Crippen molar-refractivity contribution >= 4 is 6.03 Å². The van der Waals surface area contributed by atoms with E-state index in [1.54, 1.807) is 0 Å². The molecule has 0 aromatic carbocycles. The molecule has 0 aromatic rings. The van der Waals surface area contributed by atoms with Crippen molar-refractivity contribution in [1.29, 1.82) is 0 Å². The highest BCUT2D eigenvalue weighted by Gasteiger charge is 2.42. The van der Waals surface area contributed by atoms with Crippen molar-refractivity contribution in [1.82, 2.24) is 10.2 Å². The zero-order chi connectivity index (χ0) is 16.7. The molecule has 0 spiro atoms. The molecule has 2 atom stereocenters. The Hall–Kier alpha value is -1.02. The van der Waals surface area contributed by atoms with Crippen molar-refractivity contribution in [3.05, 3.63) is 0 Å². The van der Waals surface area contributed by atoms with Crippen LogP contribution < -0.4 is 5.32 Å². The van der Waals surface area contributed by atoms with E-state index >= 15 is 0 Å². The molecule has 0 aliphatic carbocycles.